The van der Waals surface area contributed by atoms with Gasteiger partial charge in [-0.2, -0.15) is 4.99 Å². The molecule has 2 fully saturated rings. The third-order valence-corrected chi connectivity index (χ3v) is 6.93. The predicted molar refractivity (Wildman–Crippen MR) is 122 cm³/mol. The SMILES string of the molecule is COC(=O)/N=C1/SCC(=O)N1c1ccc(SC2CCCC2)cc1NC(=O)CN(C)C. The molecule has 1 saturated carbocycles. The zero-order chi connectivity index (χ0) is 21.7. The third-order valence-electron chi connectivity index (χ3n) is 4.67. The fourth-order valence-corrected chi connectivity index (χ4v) is 5.50. The fraction of sp³-hybridized carbons (Fsp3) is 0.500. The van der Waals surface area contributed by atoms with Crippen LogP contribution in [0.4, 0.5) is 16.2 Å². The van der Waals surface area contributed by atoms with Crippen LogP contribution in [0.3, 0.4) is 0 Å². The van der Waals surface area contributed by atoms with Crippen LogP contribution in [-0.4, -0.2) is 66.7 Å². The van der Waals surface area contributed by atoms with Gasteiger partial charge < -0.3 is 15.0 Å². The molecule has 0 unspecified atom stereocenters. The van der Waals surface area contributed by atoms with Crippen LogP contribution in [0.15, 0.2) is 28.1 Å². The zero-order valence-corrected chi connectivity index (χ0v) is 19.0. The molecule has 1 N–H and O–H groups in total. The number of hydrogen-bond donors (Lipinski definition) is 1. The Morgan fingerprint density at radius 3 is 2.73 bits per heavy atom. The van der Waals surface area contributed by atoms with Gasteiger partial charge in [0.05, 0.1) is 30.8 Å². The van der Waals surface area contributed by atoms with Gasteiger partial charge in [-0.15, -0.1) is 11.8 Å². The molecule has 1 aromatic rings. The Bertz CT molecular complexity index is 853. The van der Waals surface area contributed by atoms with Crippen molar-refractivity contribution >= 4 is 58.0 Å². The molecule has 0 bridgehead atoms. The van der Waals surface area contributed by atoms with Crippen LogP contribution in [0.2, 0.25) is 0 Å². The number of ether oxygens (including phenoxy) is 1. The third kappa shape index (κ3) is 5.77. The summed E-state index contributed by atoms with van der Waals surface area (Å²) in [6.07, 6.45) is 4.09. The maximum absolute atomic E-state index is 12.6. The summed E-state index contributed by atoms with van der Waals surface area (Å²) in [6.45, 7) is 0.214. The number of aliphatic imine (C=N–C) groups is 1. The molecule has 0 aromatic heterocycles. The number of nitrogens with one attached hydrogen (secondary N) is 1. The second kappa shape index (κ2) is 10.3. The minimum absolute atomic E-state index is 0.166. The summed E-state index contributed by atoms with van der Waals surface area (Å²) in [4.78, 5) is 44.7. The maximum atomic E-state index is 12.6. The van der Waals surface area contributed by atoms with Crippen molar-refractivity contribution in [2.45, 2.75) is 35.8 Å². The normalized spacial score (nSPS) is 18.5. The van der Waals surface area contributed by atoms with E-state index in [4.69, 9.17) is 0 Å². The largest absolute Gasteiger partial charge is 0.451 e. The first-order valence-corrected chi connectivity index (χ1v) is 11.6. The summed E-state index contributed by atoms with van der Waals surface area (Å²) in [5.74, 6) is -0.226. The fourth-order valence-electron chi connectivity index (χ4n) is 3.36. The highest BCUT2D eigenvalue weighted by atomic mass is 32.2. The van der Waals surface area contributed by atoms with Crippen molar-refractivity contribution in [3.05, 3.63) is 18.2 Å². The van der Waals surface area contributed by atoms with E-state index in [1.807, 2.05) is 26.2 Å². The monoisotopic (exact) mass is 450 g/mol. The summed E-state index contributed by atoms with van der Waals surface area (Å²) < 4.78 is 4.61. The molecular formula is C20H26N4O4S2. The number of rotatable bonds is 6. The minimum Gasteiger partial charge on any atom is -0.451 e. The lowest BCUT2D eigenvalue weighted by atomic mass is 10.2. The smallest absolute Gasteiger partial charge is 0.435 e. The number of amides is 3. The first kappa shape index (κ1) is 22.6. The van der Waals surface area contributed by atoms with Crippen molar-refractivity contribution in [1.82, 2.24) is 4.90 Å². The van der Waals surface area contributed by atoms with E-state index < -0.39 is 6.09 Å². The quantitative estimate of drug-likeness (QED) is 0.710. The molecule has 8 nitrogen and oxygen atoms in total. The Kier molecular flexibility index (Phi) is 7.79. The van der Waals surface area contributed by atoms with Crippen molar-refractivity contribution in [3.8, 4) is 0 Å². The van der Waals surface area contributed by atoms with E-state index in [0.29, 0.717) is 16.6 Å². The summed E-state index contributed by atoms with van der Waals surface area (Å²) >= 11 is 2.96. The van der Waals surface area contributed by atoms with Crippen molar-refractivity contribution < 1.29 is 19.1 Å². The zero-order valence-electron chi connectivity index (χ0n) is 17.3. The average molecular weight is 451 g/mol. The highest BCUT2D eigenvalue weighted by Gasteiger charge is 2.33. The van der Waals surface area contributed by atoms with Gasteiger partial charge in [-0.25, -0.2) is 4.79 Å². The Morgan fingerprint density at radius 1 is 1.33 bits per heavy atom. The molecule has 0 radical (unpaired) electrons. The summed E-state index contributed by atoms with van der Waals surface area (Å²) in [5.41, 5.74) is 1.02. The molecule has 1 aromatic carbocycles. The molecule has 0 atom stereocenters. The number of carbonyl (C=O) groups is 3. The van der Waals surface area contributed by atoms with Crippen LogP contribution in [0, 0.1) is 0 Å². The van der Waals surface area contributed by atoms with E-state index >= 15 is 0 Å². The molecule has 2 aliphatic rings. The molecule has 10 heteroatoms. The van der Waals surface area contributed by atoms with E-state index in [0.717, 1.165) is 4.90 Å². The van der Waals surface area contributed by atoms with Gasteiger partial charge in [-0.1, -0.05) is 24.6 Å². The van der Waals surface area contributed by atoms with Crippen LogP contribution >= 0.6 is 23.5 Å². The van der Waals surface area contributed by atoms with E-state index in [1.165, 1.54) is 49.5 Å². The molecule has 1 aliphatic carbocycles. The predicted octanol–water partition coefficient (Wildman–Crippen LogP) is 3.42. The van der Waals surface area contributed by atoms with Crippen molar-refractivity contribution in [2.75, 3.05) is 43.7 Å². The number of nitrogens with zero attached hydrogens (tertiary/aromatic N) is 3. The molecule has 0 spiro atoms. The molecule has 1 aliphatic heterocycles. The standard InChI is InChI=1S/C20H26N4O4S2/c1-23(2)11-17(25)21-15-10-14(30-13-6-4-5-7-13)8-9-16(15)24-18(26)12-29-19(24)22-20(27)28-3/h8-10,13H,4-7,11-12H2,1-3H3,(H,21,25)/b22-19+. The van der Waals surface area contributed by atoms with Gasteiger partial charge in [0.2, 0.25) is 11.8 Å². The Morgan fingerprint density at radius 2 is 2.07 bits per heavy atom. The number of amidine groups is 1. The second-order valence-electron chi connectivity index (χ2n) is 7.37. The van der Waals surface area contributed by atoms with E-state index in [9.17, 15) is 14.4 Å². The molecule has 30 heavy (non-hydrogen) atoms. The number of likely N-dealkylation sites (N-methyl/N-ethyl adjacent to an activating group) is 1. The number of benzene rings is 1. The van der Waals surface area contributed by atoms with Crippen molar-refractivity contribution in [3.63, 3.8) is 0 Å². The average Bonchev–Trinajstić information content (AvgIpc) is 3.31. The van der Waals surface area contributed by atoms with Crippen LogP contribution < -0.4 is 10.2 Å². The van der Waals surface area contributed by atoms with Gasteiger partial charge in [-0.05, 0) is 45.1 Å². The molecule has 162 valence electrons. The van der Waals surface area contributed by atoms with E-state index in [-0.39, 0.29) is 29.3 Å². The topological polar surface area (TPSA) is 91.3 Å². The number of anilines is 2. The van der Waals surface area contributed by atoms with Crippen molar-refractivity contribution in [1.29, 1.82) is 0 Å². The minimum atomic E-state index is -0.774. The number of hydrogen-bond acceptors (Lipinski definition) is 7. The molecule has 1 saturated heterocycles. The first-order valence-electron chi connectivity index (χ1n) is 9.75. The lowest BCUT2D eigenvalue weighted by Gasteiger charge is -2.22. The Hall–Kier alpha value is -2.04. The maximum Gasteiger partial charge on any atom is 0.435 e. The number of methoxy groups -OCH3 is 1. The van der Waals surface area contributed by atoms with E-state index in [2.05, 4.69) is 15.0 Å². The summed E-state index contributed by atoms with van der Waals surface area (Å²) in [7, 11) is 4.86. The van der Waals surface area contributed by atoms with Gasteiger partial charge in [-0.3, -0.25) is 14.5 Å². The summed E-state index contributed by atoms with van der Waals surface area (Å²) in [5, 5.41) is 3.74. The number of thioether (sulfide) groups is 2. The molecular weight excluding hydrogens is 424 g/mol. The molecule has 3 rings (SSSR count). The van der Waals surface area contributed by atoms with Gasteiger partial charge in [0.1, 0.15) is 0 Å². The molecule has 3 amide bonds. The van der Waals surface area contributed by atoms with Crippen LogP contribution in [0.1, 0.15) is 25.7 Å². The Labute approximate surface area is 184 Å². The summed E-state index contributed by atoms with van der Waals surface area (Å²) in [6, 6.07) is 5.66. The van der Waals surface area contributed by atoms with Gasteiger partial charge in [0.15, 0.2) is 5.17 Å². The Balaban J connectivity index is 1.94. The van der Waals surface area contributed by atoms with Crippen LogP contribution in [-0.2, 0) is 14.3 Å². The number of carbonyl (C=O) groups excluding carboxylic acids is 3. The van der Waals surface area contributed by atoms with Crippen LogP contribution in [0.5, 0.6) is 0 Å². The second-order valence-corrected chi connectivity index (χ2v) is 9.69. The van der Waals surface area contributed by atoms with Gasteiger partial charge in [0, 0.05) is 10.1 Å². The lowest BCUT2D eigenvalue weighted by Crippen LogP contribution is -2.32. The molecule has 1 heterocycles. The van der Waals surface area contributed by atoms with E-state index in [1.54, 1.807) is 22.7 Å². The van der Waals surface area contributed by atoms with Crippen molar-refractivity contribution in [2.24, 2.45) is 4.99 Å². The van der Waals surface area contributed by atoms with Gasteiger partial charge in [0.25, 0.3) is 0 Å². The first-order chi connectivity index (χ1) is 14.4. The highest BCUT2D eigenvalue weighted by molar-refractivity contribution is 8.15. The van der Waals surface area contributed by atoms with Gasteiger partial charge >= 0.3 is 6.09 Å². The van der Waals surface area contributed by atoms with Crippen LogP contribution in [0.25, 0.3) is 0 Å². The highest BCUT2D eigenvalue weighted by Crippen LogP contribution is 2.39. The lowest BCUT2D eigenvalue weighted by molar-refractivity contribution is -0.117.